The molecule has 82 heavy (non-hydrogen) atoms. The average molecular weight is 1170 g/mol. The number of nitrogens with one attached hydrogen (secondary N) is 4. The zero-order valence-electron chi connectivity index (χ0n) is 45.7. The molecular formula is C54H64F10N10O8. The van der Waals surface area contributed by atoms with Gasteiger partial charge in [0.15, 0.2) is 0 Å². The molecule has 2 unspecified atom stereocenters. The fourth-order valence-corrected chi connectivity index (χ4v) is 9.71. The number of nitrogens with zero attached hydrogens (tertiary/aromatic N) is 5. The second kappa shape index (κ2) is 25.9. The number of carbonyl (C=O) groups is 4. The van der Waals surface area contributed by atoms with Gasteiger partial charge < -0.3 is 51.2 Å². The minimum atomic E-state index is -4.98. The summed E-state index contributed by atoms with van der Waals surface area (Å²) in [5.41, 5.74) is 0.789. The van der Waals surface area contributed by atoms with Gasteiger partial charge in [0, 0.05) is 72.9 Å². The highest BCUT2D eigenvalue weighted by atomic mass is 19.4. The van der Waals surface area contributed by atoms with Gasteiger partial charge in [0.1, 0.15) is 29.5 Å². The number of benzene rings is 2. The van der Waals surface area contributed by atoms with Crippen molar-refractivity contribution in [2.45, 2.75) is 121 Å². The standard InChI is InChI=1S/C46H51F7N8O5.C8H13F3N2O3/c1-44(2,46(51,52)53)40(57-43(64)65-4)41(63)56-37(38(62)22-54-21-33-34(47)18-30(19-35(33)48)36-15-16-60(58-36)42(49)50)17-28-8-5-27(6-9-28)7-10-29-11-14-39(55-20-29)59-23-31-12-13-32(24-59)61(31)45(3)25-66-26-45;1-7(2,8(9,10)11)4(5(12)14)13-6(15)16-3/h5-6,8-9,11,14-16,18-20,31-32,37-38,40,42,54,62H,12-13,17,21-26H2,1-4H3,(H,56,63)(H,57,64);4H,1-3H3,(H2,12,14)(H,13,15)/t31?,32?,37-,38-,40+;4-/m01/s1. The Bertz CT molecular complexity index is 2910. The molecule has 0 saturated carbocycles. The molecule has 7 N–H and O–H groups in total. The molecule has 18 nitrogen and oxygen atoms in total. The molecule has 3 aliphatic heterocycles. The Morgan fingerprint density at radius 3 is 1.83 bits per heavy atom. The molecule has 6 atom stereocenters. The van der Waals surface area contributed by atoms with Crippen LogP contribution in [0.5, 0.6) is 0 Å². The lowest BCUT2D eigenvalue weighted by Gasteiger charge is -2.54. The van der Waals surface area contributed by atoms with Crippen molar-refractivity contribution in [3.8, 4) is 23.1 Å². The summed E-state index contributed by atoms with van der Waals surface area (Å²) < 4.78 is 151. The number of amides is 4. The Balaban J connectivity index is 0.000000588. The third-order valence-electron chi connectivity index (χ3n) is 14.8. The summed E-state index contributed by atoms with van der Waals surface area (Å²) in [7, 11) is 1.89. The summed E-state index contributed by atoms with van der Waals surface area (Å²) >= 11 is 0. The predicted molar refractivity (Wildman–Crippen MR) is 276 cm³/mol. The number of halogens is 10. The van der Waals surface area contributed by atoms with E-state index in [0.29, 0.717) is 33.5 Å². The molecule has 2 aromatic heterocycles. The molecule has 3 fully saturated rings. The molecule has 0 radical (unpaired) electrons. The SMILES string of the molecule is COC(=O)N[C@H](C(=O)N[C@@H](Cc1ccc(C#Cc2ccc(N3CC4CCC(C3)N4C3(C)COC3)nc2)cc1)[C@@H](O)CNCc1c(F)cc(-c2ccn(C(F)F)n2)cc1F)C(C)(C)C(F)(F)F.COC(=O)N[C@H](C(N)=O)C(C)(C)C(F)(F)F. The van der Waals surface area contributed by atoms with Gasteiger partial charge in [-0.05, 0) is 102 Å². The molecule has 28 heteroatoms. The summed E-state index contributed by atoms with van der Waals surface area (Å²) in [6, 6.07) is 9.07. The number of aliphatic hydroxyl groups is 1. The number of aromatic nitrogens is 3. The number of alkyl carbamates (subject to hydrolysis) is 2. The number of primary amides is 1. The van der Waals surface area contributed by atoms with Crippen LogP contribution in [0.4, 0.5) is 59.3 Å². The third-order valence-corrected chi connectivity index (χ3v) is 14.8. The number of carbonyl (C=O) groups excluding carboxylic acids is 4. The van der Waals surface area contributed by atoms with E-state index < -0.39 is 108 Å². The van der Waals surface area contributed by atoms with Crippen LogP contribution >= 0.6 is 0 Å². The van der Waals surface area contributed by atoms with Crippen LogP contribution in [0.25, 0.3) is 11.3 Å². The van der Waals surface area contributed by atoms with Crippen molar-refractivity contribution in [3.63, 3.8) is 0 Å². The number of aliphatic hydroxyl groups excluding tert-OH is 1. The van der Waals surface area contributed by atoms with Crippen LogP contribution in [0.3, 0.4) is 0 Å². The number of rotatable bonds is 18. The fraction of sp³-hybridized carbons (Fsp3) is 0.519. The van der Waals surface area contributed by atoms with Crippen molar-refractivity contribution in [2.24, 2.45) is 16.6 Å². The van der Waals surface area contributed by atoms with Gasteiger partial charge in [-0.15, -0.1) is 0 Å². The summed E-state index contributed by atoms with van der Waals surface area (Å²) in [5.74, 6) is 2.42. The highest BCUT2D eigenvalue weighted by Gasteiger charge is 2.57. The number of anilines is 1. The van der Waals surface area contributed by atoms with Crippen LogP contribution in [0.1, 0.15) is 76.3 Å². The van der Waals surface area contributed by atoms with E-state index in [-0.39, 0.29) is 23.2 Å². The molecule has 5 heterocycles. The first-order valence-corrected chi connectivity index (χ1v) is 25.6. The molecule has 0 spiro atoms. The van der Waals surface area contributed by atoms with Gasteiger partial charge in [-0.1, -0.05) is 24.0 Å². The van der Waals surface area contributed by atoms with Crippen molar-refractivity contribution in [2.75, 3.05) is 52.0 Å². The maximum atomic E-state index is 15.1. The van der Waals surface area contributed by atoms with E-state index in [0.717, 1.165) is 105 Å². The zero-order valence-corrected chi connectivity index (χ0v) is 45.7. The average Bonchev–Trinajstić information content (AvgIpc) is 3.89. The van der Waals surface area contributed by atoms with Crippen LogP contribution in [0.2, 0.25) is 0 Å². The second-order valence-corrected chi connectivity index (χ2v) is 21.4. The molecule has 4 amide bonds. The lowest BCUT2D eigenvalue weighted by molar-refractivity contribution is -0.220. The topological polar surface area (TPSA) is 228 Å². The molecular weight excluding hydrogens is 1110 g/mol. The normalized spacial score (nSPS) is 18.5. The van der Waals surface area contributed by atoms with E-state index >= 15 is 8.78 Å². The van der Waals surface area contributed by atoms with Crippen molar-refractivity contribution in [1.29, 1.82) is 0 Å². The Morgan fingerprint density at radius 1 is 0.817 bits per heavy atom. The number of piperazine rings is 1. The van der Waals surface area contributed by atoms with Gasteiger partial charge >= 0.3 is 31.1 Å². The molecule has 7 rings (SSSR count). The van der Waals surface area contributed by atoms with E-state index in [9.17, 15) is 59.4 Å². The number of hydrogen-bond acceptors (Lipinski definition) is 13. The molecule has 0 aliphatic carbocycles. The fourth-order valence-electron chi connectivity index (χ4n) is 9.71. The Kier molecular flexibility index (Phi) is 20.2. The summed E-state index contributed by atoms with van der Waals surface area (Å²) in [6.45, 7) is 4.68. The number of fused-ring (bicyclic) bond motifs is 2. The first kappa shape index (κ1) is 64.0. The van der Waals surface area contributed by atoms with Crippen LogP contribution in [-0.2, 0) is 36.8 Å². The van der Waals surface area contributed by atoms with E-state index in [2.05, 4.69) is 53.8 Å². The van der Waals surface area contributed by atoms with E-state index in [1.54, 1.807) is 35.8 Å². The summed E-state index contributed by atoms with van der Waals surface area (Å²) in [5, 5.41) is 23.9. The van der Waals surface area contributed by atoms with Crippen LogP contribution in [0, 0.1) is 34.3 Å². The highest BCUT2D eigenvalue weighted by molar-refractivity contribution is 5.87. The summed E-state index contributed by atoms with van der Waals surface area (Å²) in [6.07, 6.45) is -8.85. The van der Waals surface area contributed by atoms with Gasteiger partial charge in [0.25, 0.3) is 0 Å². The van der Waals surface area contributed by atoms with Crippen molar-refractivity contribution >= 4 is 29.8 Å². The van der Waals surface area contributed by atoms with E-state index in [4.69, 9.17) is 15.5 Å². The monoisotopic (exact) mass is 1170 g/mol. The van der Waals surface area contributed by atoms with Crippen LogP contribution in [0.15, 0.2) is 67.0 Å². The Labute approximate surface area is 465 Å². The Morgan fingerprint density at radius 2 is 1.35 bits per heavy atom. The zero-order chi connectivity index (χ0) is 60.7. The van der Waals surface area contributed by atoms with E-state index in [1.807, 2.05) is 17.4 Å². The minimum Gasteiger partial charge on any atom is -0.453 e. The maximum Gasteiger partial charge on any atom is 0.407 e. The quantitative estimate of drug-likeness (QED) is 0.0449. The number of ether oxygens (including phenoxy) is 3. The van der Waals surface area contributed by atoms with Crippen molar-refractivity contribution in [1.82, 2.24) is 40.9 Å². The second-order valence-electron chi connectivity index (χ2n) is 21.4. The largest absolute Gasteiger partial charge is 0.453 e. The molecule has 4 aromatic rings. The number of pyridine rings is 1. The van der Waals surface area contributed by atoms with Crippen molar-refractivity contribution < 1.29 is 82.4 Å². The number of alkyl halides is 8. The molecule has 3 saturated heterocycles. The van der Waals surface area contributed by atoms with Crippen molar-refractivity contribution in [3.05, 3.63) is 101 Å². The van der Waals surface area contributed by atoms with Gasteiger partial charge in [0.05, 0.1) is 61.6 Å². The molecule has 2 bridgehead atoms. The molecule has 2 aromatic carbocycles. The van der Waals surface area contributed by atoms with Gasteiger partial charge in [-0.3, -0.25) is 14.5 Å². The van der Waals surface area contributed by atoms with Crippen LogP contribution in [-0.4, -0.2) is 150 Å². The van der Waals surface area contributed by atoms with E-state index in [1.165, 1.54) is 6.07 Å². The van der Waals surface area contributed by atoms with Gasteiger partial charge in [-0.2, -0.15) is 40.2 Å². The van der Waals surface area contributed by atoms with Crippen LogP contribution < -0.4 is 31.9 Å². The minimum absolute atomic E-state index is 0.0981. The number of nitrogens with two attached hydrogens (primary N) is 1. The molecule has 448 valence electrons. The predicted octanol–water partition coefficient (Wildman–Crippen LogP) is 6.74. The molecule has 3 aliphatic rings. The van der Waals surface area contributed by atoms with Gasteiger partial charge in [0.2, 0.25) is 11.8 Å². The smallest absolute Gasteiger partial charge is 0.407 e. The Hall–Kier alpha value is -7.22. The lowest BCUT2D eigenvalue weighted by atomic mass is 9.82. The highest BCUT2D eigenvalue weighted by Crippen LogP contribution is 2.43. The first-order chi connectivity index (χ1) is 38.3. The number of hydrogen-bond donors (Lipinski definition) is 6. The summed E-state index contributed by atoms with van der Waals surface area (Å²) in [4.78, 5) is 57.2. The first-order valence-electron chi connectivity index (χ1n) is 25.6. The lowest BCUT2D eigenvalue weighted by Crippen LogP contribution is -2.68. The third kappa shape index (κ3) is 15.1. The van der Waals surface area contributed by atoms with Gasteiger partial charge in [-0.25, -0.2) is 28.0 Å². The number of methoxy groups -OCH3 is 2. The maximum absolute atomic E-state index is 15.1.